The van der Waals surface area contributed by atoms with Crippen molar-refractivity contribution in [2.24, 2.45) is 5.11 Å². The molecular weight excluding hydrogens is 927 g/mol. The molecule has 2 fully saturated rings. The summed E-state index contributed by atoms with van der Waals surface area (Å²) in [6.45, 7) is 13.6. The molecule has 22 heteroatoms. The maximum atomic E-state index is 14.9. The second kappa shape index (κ2) is 24.3. The van der Waals surface area contributed by atoms with Gasteiger partial charge in [-0.1, -0.05) is 53.6 Å². The lowest BCUT2D eigenvalue weighted by Gasteiger charge is -2.36. The molecule has 0 aliphatic carbocycles. The average Bonchev–Trinajstić information content (AvgIpc) is 3.84. The highest BCUT2D eigenvalue weighted by molar-refractivity contribution is 8.00. The lowest BCUT2D eigenvalue weighted by molar-refractivity contribution is -0.164. The summed E-state index contributed by atoms with van der Waals surface area (Å²) in [5, 5.41) is 12.2. The van der Waals surface area contributed by atoms with Crippen molar-refractivity contribution in [3.8, 4) is 5.75 Å². The van der Waals surface area contributed by atoms with Gasteiger partial charge in [0.25, 0.3) is 17.4 Å². The third-order valence-electron chi connectivity index (χ3n) is 11.5. The van der Waals surface area contributed by atoms with Gasteiger partial charge in [-0.15, -0.1) is 11.8 Å². The molecule has 5 rings (SSSR count). The minimum absolute atomic E-state index is 0.00252. The Morgan fingerprint density at radius 3 is 2.33 bits per heavy atom. The summed E-state index contributed by atoms with van der Waals surface area (Å²) >= 11 is 1.39. The monoisotopic (exact) mass is 989 g/mol. The van der Waals surface area contributed by atoms with Gasteiger partial charge in [0.1, 0.15) is 30.7 Å². The molecule has 4 amide bonds. The molecule has 2 saturated heterocycles. The standard InChI is InChI=1S/C48H63N9O12S/c1-28-14-12-15-29(2)40(28)67-26-36(59)51-33(22-31-16-10-9-11-17-31)41(45(64)57-27-70-48(7,8)42(57)44(63)53-47(4,5)6)69-39(61)19-13-18-35(58)50-21-20-38(60)66-25-34-32(54-55-49)23-37(68-34)56-24-30(3)43(62)52-46(56)65/h9-12,14-17,24,32-34,37,41-42H,13,18-23,25-27H2,1-8H3,(H,50,58)(H,51,59)(H,53,63)(H,52,62,65)/t32-,33+,34+,37+,41+,42-/m1/s1. The highest BCUT2D eigenvalue weighted by Crippen LogP contribution is 2.40. The lowest BCUT2D eigenvalue weighted by Crippen LogP contribution is -2.61. The van der Waals surface area contributed by atoms with Crippen molar-refractivity contribution >= 4 is 47.3 Å². The average molecular weight is 990 g/mol. The zero-order chi connectivity index (χ0) is 51.3. The number of ether oxygens (including phenoxy) is 4. The first-order chi connectivity index (χ1) is 33.1. The molecule has 2 aromatic carbocycles. The summed E-state index contributed by atoms with van der Waals surface area (Å²) in [6, 6.07) is 11.8. The Morgan fingerprint density at radius 1 is 0.957 bits per heavy atom. The van der Waals surface area contributed by atoms with E-state index in [1.165, 1.54) is 34.3 Å². The van der Waals surface area contributed by atoms with E-state index in [-0.39, 0.29) is 69.0 Å². The van der Waals surface area contributed by atoms with Crippen LogP contribution in [0.25, 0.3) is 10.4 Å². The maximum absolute atomic E-state index is 14.9. The van der Waals surface area contributed by atoms with Crippen LogP contribution in [-0.2, 0) is 49.4 Å². The van der Waals surface area contributed by atoms with E-state index in [2.05, 4.69) is 31.0 Å². The summed E-state index contributed by atoms with van der Waals surface area (Å²) in [7, 11) is 0. The van der Waals surface area contributed by atoms with Crippen molar-refractivity contribution < 1.29 is 47.7 Å². The number of hydrogen-bond acceptors (Lipinski definition) is 14. The Morgan fingerprint density at radius 2 is 1.66 bits per heavy atom. The minimum atomic E-state index is -1.60. The Bertz CT molecular complexity index is 2530. The summed E-state index contributed by atoms with van der Waals surface area (Å²) in [5.41, 5.74) is 9.82. The number of amides is 4. The number of nitrogens with one attached hydrogen (secondary N) is 4. The molecule has 21 nitrogen and oxygen atoms in total. The van der Waals surface area contributed by atoms with Crippen LogP contribution in [0.1, 0.15) is 95.2 Å². The van der Waals surface area contributed by atoms with Crippen LogP contribution in [0.2, 0.25) is 0 Å². The molecule has 0 bridgehead atoms. The number of aromatic amines is 1. The lowest BCUT2D eigenvalue weighted by atomic mass is 9.96. The smallest absolute Gasteiger partial charge is 0.330 e. The third-order valence-corrected chi connectivity index (χ3v) is 12.9. The van der Waals surface area contributed by atoms with E-state index in [0.29, 0.717) is 5.75 Å². The Kier molecular flexibility index (Phi) is 18.8. The molecule has 0 unspecified atom stereocenters. The third kappa shape index (κ3) is 15.2. The molecule has 378 valence electrons. The van der Waals surface area contributed by atoms with Crippen molar-refractivity contribution in [3.63, 3.8) is 0 Å². The second-order valence-electron chi connectivity index (χ2n) is 18.9. The van der Waals surface area contributed by atoms with E-state index in [1.54, 1.807) is 12.1 Å². The zero-order valence-electron chi connectivity index (χ0n) is 40.8. The van der Waals surface area contributed by atoms with Crippen molar-refractivity contribution in [2.75, 3.05) is 25.6 Å². The number of H-pyrrole nitrogens is 1. The van der Waals surface area contributed by atoms with Gasteiger partial charge in [0.15, 0.2) is 6.61 Å². The number of carbonyl (C=O) groups excluding carboxylic acids is 6. The van der Waals surface area contributed by atoms with Crippen molar-refractivity contribution in [1.82, 2.24) is 30.4 Å². The van der Waals surface area contributed by atoms with Gasteiger partial charge in [0.2, 0.25) is 17.9 Å². The fourth-order valence-electron chi connectivity index (χ4n) is 8.09. The summed E-state index contributed by atoms with van der Waals surface area (Å²) in [5.74, 6) is -3.03. The first-order valence-electron chi connectivity index (χ1n) is 23.0. The number of thioether (sulfide) groups is 1. The molecule has 4 N–H and O–H groups in total. The largest absolute Gasteiger partial charge is 0.483 e. The van der Waals surface area contributed by atoms with Crippen LogP contribution in [0, 0.1) is 20.8 Å². The van der Waals surface area contributed by atoms with Gasteiger partial charge < -0.3 is 39.8 Å². The van der Waals surface area contributed by atoms with Gasteiger partial charge in [-0.05, 0) is 90.5 Å². The van der Waals surface area contributed by atoms with Crippen LogP contribution in [0.5, 0.6) is 5.75 Å². The second-order valence-corrected chi connectivity index (χ2v) is 20.5. The predicted molar refractivity (Wildman–Crippen MR) is 258 cm³/mol. The van der Waals surface area contributed by atoms with Crippen molar-refractivity contribution in [3.05, 3.63) is 108 Å². The zero-order valence-corrected chi connectivity index (χ0v) is 41.6. The van der Waals surface area contributed by atoms with E-state index in [1.807, 2.05) is 84.9 Å². The SMILES string of the molecule is Cc1cccc(C)c1OCC(=O)N[C@@H](Cc1ccccc1)[C@H](OC(=O)CCCC(=O)NCCC(=O)OC[C@@H]1O[C@H](n2cc(C)c(=O)[nH]c2=O)C[C@H]1N=[N+]=[N-])C(=O)N1CSC(C)(C)[C@H]1C(=O)NC(C)(C)C. The number of para-hydroxylation sites is 1. The van der Waals surface area contributed by atoms with Gasteiger partial charge in [0.05, 0.1) is 24.4 Å². The number of benzene rings is 2. The van der Waals surface area contributed by atoms with E-state index in [9.17, 15) is 38.4 Å². The molecule has 2 aliphatic heterocycles. The molecule has 70 heavy (non-hydrogen) atoms. The molecule has 3 aromatic rings. The summed E-state index contributed by atoms with van der Waals surface area (Å²) < 4.78 is 23.6. The van der Waals surface area contributed by atoms with E-state index >= 15 is 0 Å². The van der Waals surface area contributed by atoms with Gasteiger partial charge >= 0.3 is 17.6 Å². The maximum Gasteiger partial charge on any atom is 0.330 e. The van der Waals surface area contributed by atoms with Crippen molar-refractivity contribution in [1.29, 1.82) is 0 Å². The predicted octanol–water partition coefficient (Wildman–Crippen LogP) is 3.96. The molecule has 6 atom stereocenters. The summed E-state index contributed by atoms with van der Waals surface area (Å²) in [4.78, 5) is 112. The fraction of sp³-hybridized carbons (Fsp3) is 0.542. The molecule has 2 aliphatic rings. The number of esters is 2. The topological polar surface area (TPSA) is 282 Å². The fourth-order valence-corrected chi connectivity index (χ4v) is 9.23. The van der Waals surface area contributed by atoms with Crippen LogP contribution >= 0.6 is 11.8 Å². The van der Waals surface area contributed by atoms with Crippen LogP contribution in [0.15, 0.2) is 69.4 Å². The van der Waals surface area contributed by atoms with Crippen molar-refractivity contribution in [2.45, 2.75) is 141 Å². The number of rotatable bonds is 21. The van der Waals surface area contributed by atoms with Gasteiger partial charge in [-0.25, -0.2) is 4.79 Å². The van der Waals surface area contributed by atoms with Crippen LogP contribution in [0.4, 0.5) is 0 Å². The van der Waals surface area contributed by atoms with Crippen LogP contribution < -0.4 is 31.9 Å². The first-order valence-corrected chi connectivity index (χ1v) is 24.0. The van der Waals surface area contributed by atoms with Crippen LogP contribution in [0.3, 0.4) is 0 Å². The summed E-state index contributed by atoms with van der Waals surface area (Å²) in [6.07, 6.45) is -2.59. The molecule has 0 saturated carbocycles. The van der Waals surface area contributed by atoms with Gasteiger partial charge in [-0.2, -0.15) is 0 Å². The number of nitrogens with zero attached hydrogens (tertiary/aromatic N) is 5. The highest BCUT2D eigenvalue weighted by Gasteiger charge is 2.51. The molecule has 0 radical (unpaired) electrons. The minimum Gasteiger partial charge on any atom is -0.483 e. The molecule has 1 aromatic heterocycles. The number of azide groups is 1. The number of aryl methyl sites for hydroxylation is 3. The van der Waals surface area contributed by atoms with E-state index in [0.717, 1.165) is 16.7 Å². The Labute approximate surface area is 409 Å². The molecular formula is C48H63N9O12S. The van der Waals surface area contributed by atoms with E-state index < -0.39 is 94.4 Å². The number of hydrogen-bond donors (Lipinski definition) is 4. The van der Waals surface area contributed by atoms with Gasteiger partial charge in [-0.3, -0.25) is 43.1 Å². The Hall–Kier alpha value is -6.64. The molecule has 3 heterocycles. The Balaban J connectivity index is 1.22. The highest BCUT2D eigenvalue weighted by atomic mass is 32.2. The van der Waals surface area contributed by atoms with E-state index in [4.69, 9.17) is 24.5 Å². The molecule has 0 spiro atoms. The number of carbonyl (C=O) groups is 6. The van der Waals surface area contributed by atoms with Gasteiger partial charge in [0, 0.05) is 52.8 Å². The quantitative estimate of drug-likeness (QED) is 0.0510. The first kappa shape index (κ1) is 54.3. The van der Waals surface area contributed by atoms with Crippen LogP contribution in [-0.4, -0.2) is 116 Å². The normalized spacial score (nSPS) is 19.2. The number of aromatic nitrogens is 2.